The highest BCUT2D eigenvalue weighted by atomic mass is 32.1. The van der Waals surface area contributed by atoms with Gasteiger partial charge in [0.15, 0.2) is 16.6 Å². The second-order valence-corrected chi connectivity index (χ2v) is 6.11. The number of ether oxygens (including phenoxy) is 1. The smallest absolute Gasteiger partial charge is 0.257 e. The predicted molar refractivity (Wildman–Crippen MR) is 89.8 cm³/mol. The highest BCUT2D eigenvalue weighted by Crippen LogP contribution is 2.20. The van der Waals surface area contributed by atoms with Gasteiger partial charge in [0.05, 0.1) is 0 Å². The molecule has 1 amide bonds. The third kappa shape index (κ3) is 3.94. The summed E-state index contributed by atoms with van der Waals surface area (Å²) in [6, 6.07) is 13.4. The number of amides is 1. The lowest BCUT2D eigenvalue weighted by atomic mass is 10.1. The first kappa shape index (κ1) is 16.1. The zero-order chi connectivity index (χ0) is 16.9. The van der Waals surface area contributed by atoms with E-state index in [1.54, 1.807) is 24.3 Å². The Kier molecular flexibility index (Phi) is 4.81. The molecule has 0 atom stereocenters. The molecule has 122 valence electrons. The fourth-order valence-electron chi connectivity index (χ4n) is 2.02. The van der Waals surface area contributed by atoms with Crippen LogP contribution in [0.4, 0.5) is 9.52 Å². The minimum atomic E-state index is -0.435. The monoisotopic (exact) mass is 343 g/mol. The number of anilines is 1. The molecule has 1 heterocycles. The van der Waals surface area contributed by atoms with E-state index in [9.17, 15) is 9.18 Å². The van der Waals surface area contributed by atoms with Gasteiger partial charge in [-0.15, -0.1) is 10.2 Å². The van der Waals surface area contributed by atoms with E-state index >= 15 is 0 Å². The van der Waals surface area contributed by atoms with Crippen LogP contribution in [-0.2, 0) is 6.61 Å². The number of hydrogen-bond donors (Lipinski definition) is 1. The quantitative estimate of drug-likeness (QED) is 0.765. The van der Waals surface area contributed by atoms with Crippen LogP contribution in [0.15, 0.2) is 48.5 Å². The van der Waals surface area contributed by atoms with Crippen molar-refractivity contribution in [2.75, 3.05) is 5.32 Å². The number of carbonyl (C=O) groups is 1. The molecule has 0 unspecified atom stereocenters. The Labute approximate surface area is 142 Å². The van der Waals surface area contributed by atoms with Crippen molar-refractivity contribution in [1.29, 1.82) is 0 Å². The van der Waals surface area contributed by atoms with Crippen LogP contribution in [0.2, 0.25) is 0 Å². The predicted octanol–water partition coefficient (Wildman–Crippen LogP) is 3.82. The molecule has 0 aliphatic rings. The highest BCUT2D eigenvalue weighted by Gasteiger charge is 2.11. The molecule has 0 aliphatic carbocycles. The number of benzene rings is 2. The molecule has 1 N–H and O–H groups in total. The summed E-state index contributed by atoms with van der Waals surface area (Å²) in [6.07, 6.45) is 0. The van der Waals surface area contributed by atoms with Gasteiger partial charge in [0.25, 0.3) is 5.91 Å². The largest absolute Gasteiger partial charge is 0.483 e. The normalized spacial score (nSPS) is 10.4. The molecule has 0 fully saturated rings. The molecule has 3 aromatic rings. The Balaban J connectivity index is 1.61. The molecule has 2 aromatic carbocycles. The number of rotatable bonds is 5. The van der Waals surface area contributed by atoms with Gasteiger partial charge >= 0.3 is 0 Å². The van der Waals surface area contributed by atoms with Gasteiger partial charge in [-0.3, -0.25) is 10.1 Å². The van der Waals surface area contributed by atoms with Gasteiger partial charge < -0.3 is 4.74 Å². The van der Waals surface area contributed by atoms with Crippen LogP contribution in [0.1, 0.15) is 20.9 Å². The van der Waals surface area contributed by atoms with Crippen molar-refractivity contribution in [2.45, 2.75) is 13.5 Å². The van der Waals surface area contributed by atoms with Crippen LogP contribution >= 0.6 is 11.3 Å². The Morgan fingerprint density at radius 1 is 1.21 bits per heavy atom. The number of aryl methyl sites for hydroxylation is 1. The third-order valence-corrected chi connectivity index (χ3v) is 3.97. The fourth-order valence-corrected chi connectivity index (χ4v) is 2.67. The van der Waals surface area contributed by atoms with Crippen molar-refractivity contribution in [3.05, 3.63) is 70.5 Å². The first-order chi connectivity index (χ1) is 11.6. The van der Waals surface area contributed by atoms with Crippen LogP contribution < -0.4 is 10.1 Å². The molecule has 0 aliphatic heterocycles. The molecule has 0 saturated heterocycles. The van der Waals surface area contributed by atoms with Gasteiger partial charge in [-0.05, 0) is 31.2 Å². The first-order valence-corrected chi connectivity index (χ1v) is 8.01. The Bertz CT molecular complexity index is 866. The summed E-state index contributed by atoms with van der Waals surface area (Å²) in [5.41, 5.74) is 1.55. The lowest BCUT2D eigenvalue weighted by Crippen LogP contribution is -2.11. The topological polar surface area (TPSA) is 64.1 Å². The number of para-hydroxylation sites is 1. The molecule has 7 heteroatoms. The minimum absolute atomic E-state index is 0.0823. The standard InChI is InChI=1S/C17H14FN3O2S/c1-11-5-4-6-12(9-11)16(22)19-17-21-20-15(24-17)10-23-14-8-3-2-7-13(14)18/h2-9H,10H2,1H3,(H,19,21,22). The number of halogens is 1. The van der Waals surface area contributed by atoms with Crippen molar-refractivity contribution in [3.63, 3.8) is 0 Å². The molecular formula is C17H14FN3O2S. The summed E-state index contributed by atoms with van der Waals surface area (Å²) in [6.45, 7) is 2.00. The molecule has 0 bridgehead atoms. The summed E-state index contributed by atoms with van der Waals surface area (Å²) in [5.74, 6) is -0.538. The van der Waals surface area contributed by atoms with Gasteiger partial charge in [0.2, 0.25) is 5.13 Å². The van der Waals surface area contributed by atoms with Crippen molar-refractivity contribution < 1.29 is 13.9 Å². The van der Waals surface area contributed by atoms with Crippen molar-refractivity contribution >= 4 is 22.4 Å². The van der Waals surface area contributed by atoms with Gasteiger partial charge in [-0.1, -0.05) is 41.2 Å². The maximum Gasteiger partial charge on any atom is 0.257 e. The second kappa shape index (κ2) is 7.18. The van der Waals surface area contributed by atoms with Gasteiger partial charge in [-0.2, -0.15) is 0 Å². The Morgan fingerprint density at radius 2 is 2.04 bits per heavy atom. The van der Waals surface area contributed by atoms with E-state index in [-0.39, 0.29) is 18.3 Å². The zero-order valence-corrected chi connectivity index (χ0v) is 13.6. The second-order valence-electron chi connectivity index (χ2n) is 5.04. The molecule has 0 saturated carbocycles. The summed E-state index contributed by atoms with van der Waals surface area (Å²) in [4.78, 5) is 12.1. The van der Waals surface area contributed by atoms with E-state index in [0.717, 1.165) is 5.56 Å². The van der Waals surface area contributed by atoms with Crippen LogP contribution in [0.3, 0.4) is 0 Å². The Morgan fingerprint density at radius 3 is 2.83 bits per heavy atom. The maximum atomic E-state index is 13.5. The van der Waals surface area contributed by atoms with E-state index < -0.39 is 5.82 Å². The van der Waals surface area contributed by atoms with E-state index in [1.807, 2.05) is 19.1 Å². The van der Waals surface area contributed by atoms with E-state index in [2.05, 4.69) is 15.5 Å². The summed E-state index contributed by atoms with van der Waals surface area (Å²) < 4.78 is 18.8. The highest BCUT2D eigenvalue weighted by molar-refractivity contribution is 7.15. The summed E-state index contributed by atoms with van der Waals surface area (Å²) in [5, 5.41) is 11.4. The average Bonchev–Trinajstić information content (AvgIpc) is 3.01. The van der Waals surface area contributed by atoms with E-state index in [1.165, 1.54) is 23.5 Å². The molecule has 1 aromatic heterocycles. The number of nitrogens with one attached hydrogen (secondary N) is 1. The fraction of sp³-hybridized carbons (Fsp3) is 0.118. The lowest BCUT2D eigenvalue weighted by molar-refractivity contribution is 0.102. The van der Waals surface area contributed by atoms with Crippen LogP contribution in [0.25, 0.3) is 0 Å². The lowest BCUT2D eigenvalue weighted by Gasteiger charge is -2.04. The average molecular weight is 343 g/mol. The van der Waals surface area contributed by atoms with Crippen LogP contribution in [0.5, 0.6) is 5.75 Å². The van der Waals surface area contributed by atoms with E-state index in [4.69, 9.17) is 4.74 Å². The van der Waals surface area contributed by atoms with Crippen molar-refractivity contribution in [3.8, 4) is 5.75 Å². The number of hydrogen-bond acceptors (Lipinski definition) is 5. The SMILES string of the molecule is Cc1cccc(C(=O)Nc2nnc(COc3ccccc3F)s2)c1. The maximum absolute atomic E-state index is 13.5. The summed E-state index contributed by atoms with van der Waals surface area (Å²) in [7, 11) is 0. The summed E-state index contributed by atoms with van der Waals surface area (Å²) >= 11 is 1.18. The molecule has 0 radical (unpaired) electrons. The van der Waals surface area contributed by atoms with Crippen molar-refractivity contribution in [1.82, 2.24) is 10.2 Å². The first-order valence-electron chi connectivity index (χ1n) is 7.19. The third-order valence-electron chi connectivity index (χ3n) is 3.16. The zero-order valence-electron chi connectivity index (χ0n) is 12.8. The Hall–Kier alpha value is -2.80. The van der Waals surface area contributed by atoms with Crippen molar-refractivity contribution in [2.24, 2.45) is 0 Å². The van der Waals surface area contributed by atoms with Gasteiger partial charge in [0.1, 0.15) is 6.61 Å². The molecular weight excluding hydrogens is 329 g/mol. The van der Waals surface area contributed by atoms with Gasteiger partial charge in [-0.25, -0.2) is 4.39 Å². The molecule has 24 heavy (non-hydrogen) atoms. The van der Waals surface area contributed by atoms with Crippen LogP contribution in [-0.4, -0.2) is 16.1 Å². The van der Waals surface area contributed by atoms with Crippen LogP contribution in [0, 0.1) is 12.7 Å². The number of aromatic nitrogens is 2. The van der Waals surface area contributed by atoms with Gasteiger partial charge in [0, 0.05) is 5.56 Å². The van der Waals surface area contributed by atoms with E-state index in [0.29, 0.717) is 15.7 Å². The molecule has 5 nitrogen and oxygen atoms in total. The molecule has 3 rings (SSSR count). The number of nitrogens with zero attached hydrogens (tertiary/aromatic N) is 2. The minimum Gasteiger partial charge on any atom is -0.483 e. The molecule has 0 spiro atoms. The number of carbonyl (C=O) groups excluding carboxylic acids is 1.